The Labute approximate surface area is 234 Å². The third-order valence-corrected chi connectivity index (χ3v) is 7.31. The number of benzene rings is 2. The summed E-state index contributed by atoms with van der Waals surface area (Å²) in [6.45, 7) is 2.58. The van der Waals surface area contributed by atoms with E-state index in [-0.39, 0.29) is 58.1 Å². The zero-order valence-electron chi connectivity index (χ0n) is 21.9. The molecule has 1 unspecified atom stereocenters. The maximum Gasteiger partial charge on any atom is 0.258 e. The first kappa shape index (κ1) is 27.5. The number of ether oxygens (including phenoxy) is 2. The lowest BCUT2D eigenvalue weighted by molar-refractivity contribution is 0.0782. The van der Waals surface area contributed by atoms with Crippen LogP contribution in [0.1, 0.15) is 45.7 Å². The number of hydrogen-bond acceptors (Lipinski definition) is 8. The Morgan fingerprint density at radius 3 is 2.83 bits per heavy atom. The first-order valence-electron chi connectivity index (χ1n) is 12.6. The number of alkyl halides is 1. The van der Waals surface area contributed by atoms with Crippen molar-refractivity contribution in [3.63, 3.8) is 0 Å². The number of hydrogen-bond donors (Lipinski definition) is 3. The van der Waals surface area contributed by atoms with Gasteiger partial charge in [-0.05, 0) is 37.6 Å². The van der Waals surface area contributed by atoms with Crippen LogP contribution in [-0.2, 0) is 0 Å². The number of carbonyl (C=O) groups excluding carboxylic acids is 2. The monoisotopic (exact) mass is 572 g/mol. The lowest BCUT2D eigenvalue weighted by Gasteiger charge is -2.27. The largest absolute Gasteiger partial charge is 0.495 e. The van der Waals surface area contributed by atoms with Crippen molar-refractivity contribution in [3.8, 4) is 17.4 Å². The van der Waals surface area contributed by atoms with Gasteiger partial charge in [-0.1, -0.05) is 23.7 Å². The molecule has 1 aromatic heterocycles. The van der Waals surface area contributed by atoms with E-state index in [9.17, 15) is 14.0 Å². The van der Waals surface area contributed by atoms with E-state index in [0.717, 1.165) is 11.6 Å². The molecule has 0 radical (unpaired) electrons. The highest BCUT2D eigenvalue weighted by Gasteiger charge is 2.34. The van der Waals surface area contributed by atoms with Crippen LogP contribution in [0.5, 0.6) is 17.4 Å². The second kappa shape index (κ2) is 11.2. The molecular formula is C27H27ClF2N6O4. The molecule has 3 heterocycles. The zero-order valence-corrected chi connectivity index (χ0v) is 22.7. The highest BCUT2D eigenvalue weighted by Crippen LogP contribution is 2.40. The van der Waals surface area contributed by atoms with E-state index in [1.54, 1.807) is 24.1 Å². The molecule has 210 valence electrons. The molecule has 0 saturated carbocycles. The van der Waals surface area contributed by atoms with Gasteiger partial charge in [-0.25, -0.2) is 13.8 Å². The molecule has 1 fully saturated rings. The predicted octanol–water partition coefficient (Wildman–Crippen LogP) is 4.39. The summed E-state index contributed by atoms with van der Waals surface area (Å²) >= 11 is 6.29. The quantitative estimate of drug-likeness (QED) is 0.382. The van der Waals surface area contributed by atoms with Crippen LogP contribution in [0.3, 0.4) is 0 Å². The lowest BCUT2D eigenvalue weighted by Crippen LogP contribution is -2.51. The normalized spacial score (nSPS) is 20.2. The van der Waals surface area contributed by atoms with Gasteiger partial charge in [-0.3, -0.25) is 9.59 Å². The van der Waals surface area contributed by atoms with Gasteiger partial charge < -0.3 is 30.3 Å². The molecule has 3 N–H and O–H groups in total. The van der Waals surface area contributed by atoms with E-state index in [2.05, 4.69) is 25.9 Å². The Hall–Kier alpha value is -4.03. The number of aromatic nitrogens is 2. The van der Waals surface area contributed by atoms with Crippen LogP contribution in [-0.4, -0.2) is 66.1 Å². The van der Waals surface area contributed by atoms with Gasteiger partial charge in [0.1, 0.15) is 28.5 Å². The minimum atomic E-state index is -1.28. The molecule has 2 aliphatic heterocycles. The number of halogens is 3. The highest BCUT2D eigenvalue weighted by atomic mass is 35.5. The van der Waals surface area contributed by atoms with E-state index in [0.29, 0.717) is 18.5 Å². The molecule has 10 nitrogen and oxygen atoms in total. The maximum atomic E-state index is 15.0. The van der Waals surface area contributed by atoms with Crippen LogP contribution in [0, 0.1) is 5.82 Å². The van der Waals surface area contributed by atoms with E-state index < -0.39 is 23.9 Å². The topological polar surface area (TPSA) is 118 Å². The molecule has 0 spiro atoms. The molecular weight excluding hydrogens is 546 g/mol. The second-order valence-electron chi connectivity index (χ2n) is 9.51. The van der Waals surface area contributed by atoms with Crippen molar-refractivity contribution in [2.24, 2.45) is 0 Å². The van der Waals surface area contributed by atoms with Gasteiger partial charge in [0.15, 0.2) is 0 Å². The second-order valence-corrected chi connectivity index (χ2v) is 9.91. The van der Waals surface area contributed by atoms with Gasteiger partial charge in [-0.2, -0.15) is 4.98 Å². The number of carbonyl (C=O) groups is 2. The summed E-state index contributed by atoms with van der Waals surface area (Å²) in [5.41, 5.74) is 1.07. The molecule has 2 amide bonds. The Morgan fingerprint density at radius 2 is 2.08 bits per heavy atom. The molecule has 5 rings (SSSR count). The number of rotatable bonds is 7. The molecule has 2 aromatic carbocycles. The Balaban J connectivity index is 1.38. The third kappa shape index (κ3) is 5.24. The molecule has 3 aromatic rings. The average molecular weight is 573 g/mol. The molecule has 1 saturated heterocycles. The molecule has 40 heavy (non-hydrogen) atoms. The van der Waals surface area contributed by atoms with Crippen LogP contribution in [0.2, 0.25) is 5.02 Å². The van der Waals surface area contributed by atoms with Gasteiger partial charge in [-0.15, -0.1) is 0 Å². The minimum absolute atomic E-state index is 0.00586. The Bertz CT molecular complexity index is 1480. The summed E-state index contributed by atoms with van der Waals surface area (Å²) in [4.78, 5) is 35.5. The summed E-state index contributed by atoms with van der Waals surface area (Å²) in [5, 5.41) is 8.39. The Morgan fingerprint density at radius 1 is 1.27 bits per heavy atom. The van der Waals surface area contributed by atoms with Gasteiger partial charge in [0.05, 0.1) is 42.2 Å². The van der Waals surface area contributed by atoms with E-state index >= 15 is 4.39 Å². The van der Waals surface area contributed by atoms with Crippen molar-refractivity contribution in [1.82, 2.24) is 25.5 Å². The molecule has 2 aliphatic rings. The minimum Gasteiger partial charge on any atom is -0.495 e. The number of fused-ring (bicyclic) bond motifs is 1. The van der Waals surface area contributed by atoms with Crippen molar-refractivity contribution in [2.75, 3.05) is 32.6 Å². The average Bonchev–Trinajstić information content (AvgIpc) is 3.16. The summed E-state index contributed by atoms with van der Waals surface area (Å²) < 4.78 is 40.5. The fourth-order valence-electron chi connectivity index (χ4n) is 4.70. The first-order chi connectivity index (χ1) is 19.2. The van der Waals surface area contributed by atoms with Gasteiger partial charge in [0.2, 0.25) is 11.8 Å². The fraction of sp³-hybridized carbons (Fsp3) is 0.333. The molecule has 13 heteroatoms. The summed E-state index contributed by atoms with van der Waals surface area (Å²) in [6, 6.07) is 6.71. The van der Waals surface area contributed by atoms with Gasteiger partial charge >= 0.3 is 0 Å². The van der Waals surface area contributed by atoms with Crippen LogP contribution in [0.15, 0.2) is 36.5 Å². The van der Waals surface area contributed by atoms with E-state index in [1.807, 2.05) is 13.0 Å². The van der Waals surface area contributed by atoms with Gasteiger partial charge in [0, 0.05) is 19.7 Å². The summed E-state index contributed by atoms with van der Waals surface area (Å²) in [7, 11) is 3.07. The van der Waals surface area contributed by atoms with E-state index in [4.69, 9.17) is 21.1 Å². The van der Waals surface area contributed by atoms with Crippen molar-refractivity contribution in [2.45, 2.75) is 31.6 Å². The van der Waals surface area contributed by atoms with Crippen LogP contribution in [0.25, 0.3) is 0 Å². The van der Waals surface area contributed by atoms with Crippen molar-refractivity contribution >= 4 is 35.1 Å². The lowest BCUT2D eigenvalue weighted by atomic mass is 10.0. The van der Waals surface area contributed by atoms with Crippen molar-refractivity contribution in [3.05, 3.63) is 64.1 Å². The molecule has 0 bridgehead atoms. The van der Waals surface area contributed by atoms with Crippen LogP contribution in [0.4, 0.5) is 20.4 Å². The SMILES string of the molecule is COc1cc(C(=O)N[C@H]2CCNC[C@H]2F)c(F)cc1Nc1ncc(Cl)c(Oc2cccc3c2C(=O)N(C)C3C)n1. The van der Waals surface area contributed by atoms with E-state index in [1.165, 1.54) is 19.4 Å². The number of nitrogens with one attached hydrogen (secondary N) is 3. The number of nitrogens with zero attached hydrogens (tertiary/aromatic N) is 3. The Kier molecular flexibility index (Phi) is 7.72. The fourth-order valence-corrected chi connectivity index (χ4v) is 4.83. The standard InChI is InChI=1S/C27H27ClF2N6O4/c1-13-14-5-4-6-21(23(14)26(38)36(13)2)40-25-16(28)11-32-27(35-25)34-20-10-17(29)15(9-22(20)39-3)24(37)33-19-7-8-31-12-18(19)30/h4-6,9-11,13,18-19,31H,7-8,12H2,1-3H3,(H,33,37)(H,32,34,35)/t13?,18-,19+/m1/s1. The van der Waals surface area contributed by atoms with Crippen molar-refractivity contribution in [1.29, 1.82) is 0 Å². The summed E-state index contributed by atoms with van der Waals surface area (Å²) in [6.07, 6.45) is 0.406. The van der Waals surface area contributed by atoms with Crippen LogP contribution >= 0.6 is 11.6 Å². The highest BCUT2D eigenvalue weighted by molar-refractivity contribution is 6.31. The number of methoxy groups -OCH3 is 1. The predicted molar refractivity (Wildman–Crippen MR) is 144 cm³/mol. The maximum absolute atomic E-state index is 15.0. The molecule has 3 atom stereocenters. The smallest absolute Gasteiger partial charge is 0.258 e. The van der Waals surface area contributed by atoms with Gasteiger partial charge in [0.25, 0.3) is 11.8 Å². The summed E-state index contributed by atoms with van der Waals surface area (Å²) in [5.74, 6) is -1.42. The van der Waals surface area contributed by atoms with Crippen molar-refractivity contribution < 1.29 is 27.8 Å². The van der Waals surface area contributed by atoms with Crippen LogP contribution < -0.4 is 25.4 Å². The molecule has 0 aliphatic carbocycles. The number of piperidine rings is 1. The number of anilines is 2. The third-order valence-electron chi connectivity index (χ3n) is 7.05. The zero-order chi connectivity index (χ0) is 28.6. The number of amides is 2. The first-order valence-corrected chi connectivity index (χ1v) is 13.0.